The number of ether oxygens (including phenoxy) is 3. The van der Waals surface area contributed by atoms with Gasteiger partial charge in [0.05, 0.1) is 42.4 Å². The van der Waals surface area contributed by atoms with E-state index < -0.39 is 57.2 Å². The fourth-order valence-electron chi connectivity index (χ4n) is 5.84. The zero-order valence-electron chi connectivity index (χ0n) is 26.6. The summed E-state index contributed by atoms with van der Waals surface area (Å²) in [6, 6.07) is 8.02. The number of likely N-dealkylation sites (N-methyl/N-ethyl adjacent to an activating group) is 1. The molecule has 260 valence electrons. The Morgan fingerprint density at radius 3 is 2.58 bits per heavy atom. The maximum absolute atomic E-state index is 15.4. The number of carbonyl (C=O) groups excluding carboxylic acids is 1. The predicted octanol–water partition coefficient (Wildman–Crippen LogP) is 3.47. The number of fused-ring (bicyclic) bond motifs is 1. The van der Waals surface area contributed by atoms with Crippen LogP contribution in [0.25, 0.3) is 0 Å². The maximum Gasteiger partial charge on any atom is 0.423 e. The Morgan fingerprint density at radius 1 is 1.15 bits per heavy atom. The van der Waals surface area contributed by atoms with Gasteiger partial charge in [-0.05, 0) is 37.2 Å². The lowest BCUT2D eigenvalue weighted by molar-refractivity contribution is -0.140. The molecule has 1 aliphatic carbocycles. The first-order chi connectivity index (χ1) is 22.7. The second kappa shape index (κ2) is 14.2. The number of sulfone groups is 1. The number of halogens is 4. The normalized spacial score (nSPS) is 21.4. The highest BCUT2D eigenvalue weighted by molar-refractivity contribution is 7.90. The lowest BCUT2D eigenvalue weighted by Gasteiger charge is -2.36. The van der Waals surface area contributed by atoms with Gasteiger partial charge >= 0.3 is 6.18 Å². The smallest absolute Gasteiger partial charge is 0.423 e. The number of nitrogens with zero attached hydrogens (tertiary/aromatic N) is 3. The molecule has 2 aromatic carbocycles. The summed E-state index contributed by atoms with van der Waals surface area (Å²) in [5.74, 6) is -3.24. The second-order valence-corrected chi connectivity index (χ2v) is 13.9. The minimum Gasteiger partial charge on any atom is -0.495 e. The molecule has 0 spiro atoms. The molecule has 3 N–H and O–H groups in total. The topological polar surface area (TPSA) is 144 Å². The number of benzene rings is 2. The van der Waals surface area contributed by atoms with E-state index in [-0.39, 0.29) is 41.5 Å². The average Bonchev–Trinajstić information content (AvgIpc) is 3.36. The molecule has 3 aromatic rings. The first-order valence-corrected chi connectivity index (χ1v) is 17.0. The van der Waals surface area contributed by atoms with Crippen LogP contribution in [0.1, 0.15) is 39.5 Å². The number of nitrogens with one attached hydrogen (secondary N) is 3. The van der Waals surface area contributed by atoms with Crippen molar-refractivity contribution in [3.63, 3.8) is 0 Å². The lowest BCUT2D eigenvalue weighted by Crippen LogP contribution is -2.53. The van der Waals surface area contributed by atoms with E-state index in [0.29, 0.717) is 31.3 Å². The number of hydrogen-bond donors (Lipinski definition) is 3. The van der Waals surface area contributed by atoms with E-state index in [9.17, 15) is 26.4 Å². The van der Waals surface area contributed by atoms with E-state index in [2.05, 4.69) is 30.8 Å². The number of methoxy groups -OCH3 is 2. The molecule has 2 aliphatic rings. The van der Waals surface area contributed by atoms with Gasteiger partial charge in [0.15, 0.2) is 9.84 Å². The number of piperidine rings is 1. The number of likely N-dealkylation sites (tertiary alicyclic amines) is 1. The molecule has 0 bridgehead atoms. The SMILES string of the molecule is COc1cc(C(=O)N[C@H]2CCN(C)C[C@@H]2OC)c(F)cc1Nc1ncc(C(F)(F)F)c(O[C@@H]2Cc3ccccc3[C@H]2NCS(C)(=O)=O)n1. The van der Waals surface area contributed by atoms with Crippen LogP contribution in [-0.4, -0.2) is 93.9 Å². The standard InChI is InChI=1S/C31H36F4N6O6S/c1-41-10-9-22(26(15-41)46-3)38-28(42)19-12-24(45-2)23(13-21(19)32)39-30-36-14-20(31(33,34)35)29(40-30)47-25-11-17-7-5-6-8-18(17)27(25)37-16-48(4,43)44/h5-8,12-14,22,25-27,37H,9-11,15-16H2,1-4H3,(H,38,42)(H,36,39,40)/t22-,25+,26-,27+/m0/s1. The van der Waals surface area contributed by atoms with Gasteiger partial charge < -0.3 is 29.7 Å². The lowest BCUT2D eigenvalue weighted by atomic mass is 10.0. The fraction of sp³-hybridized carbons (Fsp3) is 0.452. The average molecular weight is 697 g/mol. The van der Waals surface area contributed by atoms with E-state index in [1.165, 1.54) is 20.3 Å². The maximum atomic E-state index is 15.4. The van der Waals surface area contributed by atoms with Crippen molar-refractivity contribution in [2.24, 2.45) is 0 Å². The molecule has 17 heteroatoms. The van der Waals surface area contributed by atoms with Crippen LogP contribution < -0.4 is 25.4 Å². The van der Waals surface area contributed by atoms with Gasteiger partial charge in [-0.2, -0.15) is 18.2 Å². The van der Waals surface area contributed by atoms with Gasteiger partial charge in [-0.25, -0.2) is 17.8 Å². The molecule has 5 rings (SSSR count). The summed E-state index contributed by atoms with van der Waals surface area (Å²) in [6.07, 6.45) is -3.82. The van der Waals surface area contributed by atoms with Gasteiger partial charge in [-0.3, -0.25) is 10.1 Å². The van der Waals surface area contributed by atoms with Crippen LogP contribution in [0.4, 0.5) is 29.2 Å². The minimum atomic E-state index is -4.90. The van der Waals surface area contributed by atoms with Crippen molar-refractivity contribution in [2.45, 2.75) is 43.3 Å². The summed E-state index contributed by atoms with van der Waals surface area (Å²) in [4.78, 5) is 22.9. The Bertz CT molecular complexity index is 1760. The van der Waals surface area contributed by atoms with Crippen LogP contribution in [0, 0.1) is 5.82 Å². The zero-order chi connectivity index (χ0) is 34.8. The molecule has 48 heavy (non-hydrogen) atoms. The predicted molar refractivity (Wildman–Crippen MR) is 168 cm³/mol. The first kappa shape index (κ1) is 35.3. The van der Waals surface area contributed by atoms with E-state index in [1.54, 1.807) is 24.3 Å². The summed E-state index contributed by atoms with van der Waals surface area (Å²) < 4.78 is 98.1. The van der Waals surface area contributed by atoms with Crippen LogP contribution in [0.15, 0.2) is 42.6 Å². The Kier molecular flexibility index (Phi) is 10.4. The van der Waals surface area contributed by atoms with Crippen LogP contribution in [0.3, 0.4) is 0 Å². The Balaban J connectivity index is 1.40. The summed E-state index contributed by atoms with van der Waals surface area (Å²) in [5, 5.41) is 8.35. The minimum absolute atomic E-state index is 0.00420. The van der Waals surface area contributed by atoms with Gasteiger partial charge in [0.25, 0.3) is 5.91 Å². The molecule has 4 atom stereocenters. The molecule has 12 nitrogen and oxygen atoms in total. The molecule has 1 saturated heterocycles. The highest BCUT2D eigenvalue weighted by atomic mass is 32.2. The summed E-state index contributed by atoms with van der Waals surface area (Å²) in [7, 11) is 1.27. The molecule has 2 heterocycles. The highest BCUT2D eigenvalue weighted by Crippen LogP contribution is 2.40. The summed E-state index contributed by atoms with van der Waals surface area (Å²) >= 11 is 0. The van der Waals surface area contributed by atoms with Crippen LogP contribution in [0.2, 0.25) is 0 Å². The zero-order valence-corrected chi connectivity index (χ0v) is 27.4. The number of amides is 1. The van der Waals surface area contributed by atoms with E-state index in [0.717, 1.165) is 17.9 Å². The number of hydrogen-bond acceptors (Lipinski definition) is 11. The van der Waals surface area contributed by atoms with Gasteiger partial charge in [0.1, 0.15) is 23.2 Å². The van der Waals surface area contributed by atoms with E-state index >= 15 is 4.39 Å². The van der Waals surface area contributed by atoms with Crippen molar-refractivity contribution in [3.05, 3.63) is 70.7 Å². The van der Waals surface area contributed by atoms with E-state index in [1.807, 2.05) is 7.05 Å². The first-order valence-electron chi connectivity index (χ1n) is 14.9. The Morgan fingerprint density at radius 2 is 1.90 bits per heavy atom. The van der Waals surface area contributed by atoms with Crippen molar-refractivity contribution in [1.82, 2.24) is 25.5 Å². The van der Waals surface area contributed by atoms with Crippen molar-refractivity contribution < 1.29 is 45.0 Å². The number of alkyl halides is 3. The van der Waals surface area contributed by atoms with Crippen LogP contribution >= 0.6 is 0 Å². The third-order valence-corrected chi connectivity index (χ3v) is 8.92. The number of aromatic nitrogens is 2. The molecular weight excluding hydrogens is 660 g/mol. The molecule has 0 radical (unpaired) electrons. The molecule has 1 fully saturated rings. The van der Waals surface area contributed by atoms with Crippen LogP contribution in [-0.2, 0) is 27.2 Å². The van der Waals surface area contributed by atoms with Gasteiger partial charge in [-0.1, -0.05) is 24.3 Å². The Labute approximate surface area is 275 Å². The molecular formula is C31H36F4N6O6S. The monoisotopic (exact) mass is 696 g/mol. The van der Waals surface area contributed by atoms with Crippen LogP contribution in [0.5, 0.6) is 11.6 Å². The molecule has 1 amide bonds. The summed E-state index contributed by atoms with van der Waals surface area (Å²) in [5.41, 5.74) is -0.180. The number of anilines is 2. The number of rotatable bonds is 11. The third-order valence-electron chi connectivity index (χ3n) is 8.23. The van der Waals surface area contributed by atoms with Crippen molar-refractivity contribution in [2.75, 3.05) is 51.8 Å². The van der Waals surface area contributed by atoms with Crippen molar-refractivity contribution in [1.29, 1.82) is 0 Å². The van der Waals surface area contributed by atoms with E-state index in [4.69, 9.17) is 14.2 Å². The Hall–Kier alpha value is -4.06. The third kappa shape index (κ3) is 8.14. The molecule has 1 aliphatic heterocycles. The molecule has 1 aromatic heterocycles. The summed E-state index contributed by atoms with van der Waals surface area (Å²) in [6.45, 7) is 1.30. The number of carbonyl (C=O) groups is 1. The van der Waals surface area contributed by atoms with Gasteiger partial charge in [-0.15, -0.1) is 0 Å². The fourth-order valence-corrected chi connectivity index (χ4v) is 6.32. The quantitative estimate of drug-likeness (QED) is 0.254. The second-order valence-electron chi connectivity index (χ2n) is 11.8. The van der Waals surface area contributed by atoms with Crippen molar-refractivity contribution in [3.8, 4) is 11.6 Å². The molecule has 0 unspecified atom stereocenters. The highest BCUT2D eigenvalue weighted by Gasteiger charge is 2.40. The van der Waals surface area contributed by atoms with Gasteiger partial charge in [0, 0.05) is 38.6 Å². The van der Waals surface area contributed by atoms with Gasteiger partial charge in [0.2, 0.25) is 11.8 Å². The van der Waals surface area contributed by atoms with Crippen molar-refractivity contribution >= 4 is 27.4 Å². The largest absolute Gasteiger partial charge is 0.495 e. The molecule has 0 saturated carbocycles.